The van der Waals surface area contributed by atoms with Crippen LogP contribution in [0.2, 0.25) is 0 Å². The van der Waals surface area contributed by atoms with Crippen molar-refractivity contribution >= 4 is 17.7 Å². The van der Waals surface area contributed by atoms with Crippen LogP contribution in [0.5, 0.6) is 0 Å². The van der Waals surface area contributed by atoms with Gasteiger partial charge in [0.25, 0.3) is 6.43 Å². The number of rotatable bonds is 6. The summed E-state index contributed by atoms with van der Waals surface area (Å²) in [5, 5.41) is 5.63. The summed E-state index contributed by atoms with van der Waals surface area (Å²) in [6, 6.07) is 7.67. The zero-order chi connectivity index (χ0) is 24.9. The van der Waals surface area contributed by atoms with Crippen molar-refractivity contribution in [3.8, 4) is 11.1 Å². The molecule has 1 aliphatic carbocycles. The normalized spacial score (nSPS) is 15.6. The lowest BCUT2D eigenvalue weighted by molar-refractivity contribution is -0.119. The SMILES string of the molecule is Cc1ccnc(C(F)F)c1-c1ccc(NC(=O)C(NC(=O)OC(C)(C)C)C2CCCCC2)cc1. The lowest BCUT2D eigenvalue weighted by Crippen LogP contribution is -2.50. The highest BCUT2D eigenvalue weighted by Crippen LogP contribution is 2.33. The fourth-order valence-electron chi connectivity index (χ4n) is 4.36. The number of hydrogen-bond acceptors (Lipinski definition) is 4. The summed E-state index contributed by atoms with van der Waals surface area (Å²) in [5.74, 6) is -0.302. The van der Waals surface area contributed by atoms with E-state index in [-0.39, 0.29) is 17.5 Å². The second kappa shape index (κ2) is 10.9. The molecule has 1 heterocycles. The maximum absolute atomic E-state index is 13.5. The number of nitrogens with zero attached hydrogens (tertiary/aromatic N) is 1. The van der Waals surface area contributed by atoms with Gasteiger partial charge in [0, 0.05) is 17.4 Å². The average Bonchev–Trinajstić information content (AvgIpc) is 2.77. The molecule has 8 heteroatoms. The first kappa shape index (κ1) is 25.6. The third-order valence-corrected chi connectivity index (χ3v) is 5.91. The third-order valence-electron chi connectivity index (χ3n) is 5.91. The van der Waals surface area contributed by atoms with Crippen LogP contribution in [0.1, 0.15) is 70.6 Å². The van der Waals surface area contributed by atoms with Crippen LogP contribution in [-0.4, -0.2) is 28.6 Å². The molecule has 184 valence electrons. The predicted molar refractivity (Wildman–Crippen MR) is 128 cm³/mol. The molecule has 2 amide bonds. The number of alkyl halides is 2. The highest BCUT2D eigenvalue weighted by atomic mass is 19.3. The number of halogens is 2. The molecule has 2 N–H and O–H groups in total. The Morgan fingerprint density at radius 1 is 1.06 bits per heavy atom. The van der Waals surface area contributed by atoms with Gasteiger partial charge in [-0.3, -0.25) is 9.78 Å². The summed E-state index contributed by atoms with van der Waals surface area (Å²) in [6.45, 7) is 7.07. The summed E-state index contributed by atoms with van der Waals surface area (Å²) in [7, 11) is 0. The van der Waals surface area contributed by atoms with E-state index < -0.39 is 24.2 Å². The minimum atomic E-state index is -2.69. The van der Waals surface area contributed by atoms with E-state index in [1.165, 1.54) is 6.20 Å². The molecule has 1 aromatic carbocycles. The number of nitrogens with one attached hydrogen (secondary N) is 2. The molecule has 6 nitrogen and oxygen atoms in total. The van der Waals surface area contributed by atoms with Crippen molar-refractivity contribution in [2.24, 2.45) is 5.92 Å². The van der Waals surface area contributed by atoms with E-state index in [1.807, 2.05) is 0 Å². The fourth-order valence-corrected chi connectivity index (χ4v) is 4.36. The smallest absolute Gasteiger partial charge is 0.408 e. The summed E-state index contributed by atoms with van der Waals surface area (Å²) in [6.07, 6.45) is 2.90. The van der Waals surface area contributed by atoms with Crippen LogP contribution in [0.25, 0.3) is 11.1 Å². The Labute approximate surface area is 199 Å². The van der Waals surface area contributed by atoms with Crippen LogP contribution in [-0.2, 0) is 9.53 Å². The van der Waals surface area contributed by atoms with Crippen LogP contribution < -0.4 is 10.6 Å². The van der Waals surface area contributed by atoms with Crippen molar-refractivity contribution in [3.63, 3.8) is 0 Å². The molecule has 0 spiro atoms. The number of carbonyl (C=O) groups excluding carboxylic acids is 2. The summed E-state index contributed by atoms with van der Waals surface area (Å²) < 4.78 is 32.3. The summed E-state index contributed by atoms with van der Waals surface area (Å²) in [4.78, 5) is 29.4. The molecule has 1 aliphatic rings. The molecule has 1 saturated carbocycles. The minimum absolute atomic E-state index is 0.0205. The van der Waals surface area contributed by atoms with Crippen LogP contribution >= 0.6 is 0 Å². The molecule has 1 aromatic heterocycles. The number of carbonyl (C=O) groups is 2. The van der Waals surface area contributed by atoms with Gasteiger partial charge in [0.2, 0.25) is 5.91 Å². The molecule has 0 saturated heterocycles. The number of pyridine rings is 1. The molecule has 3 rings (SSSR count). The Morgan fingerprint density at radius 2 is 1.71 bits per heavy atom. The van der Waals surface area contributed by atoms with Crippen molar-refractivity contribution < 1.29 is 23.1 Å². The maximum Gasteiger partial charge on any atom is 0.408 e. The number of amides is 2. The number of ether oxygens (including phenoxy) is 1. The van der Waals surface area contributed by atoms with Crippen molar-refractivity contribution in [2.75, 3.05) is 5.32 Å². The van der Waals surface area contributed by atoms with E-state index in [0.29, 0.717) is 22.4 Å². The topological polar surface area (TPSA) is 80.3 Å². The molecule has 1 unspecified atom stereocenters. The van der Waals surface area contributed by atoms with E-state index in [1.54, 1.807) is 58.0 Å². The number of aromatic nitrogens is 1. The first-order valence-electron chi connectivity index (χ1n) is 11.7. The van der Waals surface area contributed by atoms with Crippen LogP contribution in [0.3, 0.4) is 0 Å². The van der Waals surface area contributed by atoms with Crippen molar-refractivity contribution in [1.82, 2.24) is 10.3 Å². The molecular weight excluding hydrogens is 440 g/mol. The third kappa shape index (κ3) is 6.74. The maximum atomic E-state index is 13.5. The van der Waals surface area contributed by atoms with Crippen molar-refractivity contribution in [1.29, 1.82) is 0 Å². The van der Waals surface area contributed by atoms with Crippen molar-refractivity contribution in [2.45, 2.75) is 77.9 Å². The van der Waals surface area contributed by atoms with Gasteiger partial charge in [0.05, 0.1) is 0 Å². The Balaban J connectivity index is 1.77. The fraction of sp³-hybridized carbons (Fsp3) is 0.500. The molecule has 0 bridgehead atoms. The Kier molecular flexibility index (Phi) is 8.23. The minimum Gasteiger partial charge on any atom is -0.444 e. The number of alkyl carbamates (subject to hydrolysis) is 1. The Bertz CT molecular complexity index is 997. The Hall–Kier alpha value is -3.03. The standard InChI is InChI=1S/C26H33F2N3O3/c1-16-14-15-29-22(23(27)28)20(16)17-10-12-19(13-11-17)30-24(32)21(18-8-6-5-7-9-18)31-25(33)34-26(2,3)4/h10-15,18,21,23H,5-9H2,1-4H3,(H,30,32)(H,31,33). The quantitative estimate of drug-likeness (QED) is 0.508. The van der Waals surface area contributed by atoms with Gasteiger partial charge in [-0.1, -0.05) is 31.4 Å². The lowest BCUT2D eigenvalue weighted by Gasteiger charge is -2.31. The van der Waals surface area contributed by atoms with Gasteiger partial charge in [-0.2, -0.15) is 0 Å². The van der Waals surface area contributed by atoms with Crippen LogP contribution in [0.15, 0.2) is 36.5 Å². The molecule has 1 fully saturated rings. The van der Waals surface area contributed by atoms with Gasteiger partial charge in [-0.25, -0.2) is 13.6 Å². The number of aryl methyl sites for hydroxylation is 1. The van der Waals surface area contributed by atoms with Crippen LogP contribution in [0, 0.1) is 12.8 Å². The molecule has 0 radical (unpaired) electrons. The monoisotopic (exact) mass is 473 g/mol. The van der Waals surface area contributed by atoms with Gasteiger partial charge < -0.3 is 15.4 Å². The van der Waals surface area contributed by atoms with Gasteiger partial charge in [0.1, 0.15) is 17.3 Å². The van der Waals surface area contributed by atoms with Gasteiger partial charge in [-0.15, -0.1) is 0 Å². The van der Waals surface area contributed by atoms with Gasteiger partial charge in [0.15, 0.2) is 0 Å². The summed E-state index contributed by atoms with van der Waals surface area (Å²) >= 11 is 0. The predicted octanol–water partition coefficient (Wildman–Crippen LogP) is 6.41. The Morgan fingerprint density at radius 3 is 2.29 bits per heavy atom. The second-order valence-corrected chi connectivity index (χ2v) is 9.78. The van der Waals surface area contributed by atoms with Crippen molar-refractivity contribution in [3.05, 3.63) is 47.8 Å². The van der Waals surface area contributed by atoms with E-state index in [4.69, 9.17) is 4.74 Å². The molecule has 1 atom stereocenters. The highest BCUT2D eigenvalue weighted by Gasteiger charge is 2.32. The zero-order valence-corrected chi connectivity index (χ0v) is 20.2. The average molecular weight is 474 g/mol. The van der Waals surface area contributed by atoms with E-state index in [2.05, 4.69) is 15.6 Å². The lowest BCUT2D eigenvalue weighted by atomic mass is 9.83. The molecule has 34 heavy (non-hydrogen) atoms. The van der Waals surface area contributed by atoms with E-state index in [0.717, 1.165) is 32.1 Å². The van der Waals surface area contributed by atoms with Gasteiger partial charge >= 0.3 is 6.09 Å². The molecular formula is C26H33F2N3O3. The van der Waals surface area contributed by atoms with E-state index >= 15 is 0 Å². The molecule has 2 aromatic rings. The number of hydrogen-bond donors (Lipinski definition) is 2. The highest BCUT2D eigenvalue weighted by molar-refractivity contribution is 5.97. The van der Waals surface area contributed by atoms with Crippen LogP contribution in [0.4, 0.5) is 19.3 Å². The van der Waals surface area contributed by atoms with E-state index in [9.17, 15) is 18.4 Å². The second-order valence-electron chi connectivity index (χ2n) is 9.78. The molecule has 0 aliphatic heterocycles. The van der Waals surface area contributed by atoms with Gasteiger partial charge in [-0.05, 0) is 75.8 Å². The number of benzene rings is 1. The number of anilines is 1. The zero-order valence-electron chi connectivity index (χ0n) is 20.2. The summed E-state index contributed by atoms with van der Waals surface area (Å²) in [5.41, 5.74) is 1.25. The first-order chi connectivity index (χ1) is 16.0. The largest absolute Gasteiger partial charge is 0.444 e. The first-order valence-corrected chi connectivity index (χ1v) is 11.7.